The van der Waals surface area contributed by atoms with Crippen molar-refractivity contribution < 1.29 is 4.74 Å². The van der Waals surface area contributed by atoms with Crippen molar-refractivity contribution in [1.29, 1.82) is 0 Å². The monoisotopic (exact) mass is 235 g/mol. The number of thiazole rings is 1. The molecule has 0 saturated heterocycles. The van der Waals surface area contributed by atoms with Crippen molar-refractivity contribution in [3.05, 3.63) is 34.4 Å². The van der Waals surface area contributed by atoms with Crippen LogP contribution >= 0.6 is 11.3 Å². The first-order valence-corrected chi connectivity index (χ1v) is 5.80. The summed E-state index contributed by atoms with van der Waals surface area (Å²) in [6.45, 7) is 2.75. The number of ether oxygens (including phenoxy) is 1. The zero-order chi connectivity index (χ0) is 11.4. The summed E-state index contributed by atoms with van der Waals surface area (Å²) in [4.78, 5) is 9.63. The Morgan fingerprint density at radius 1 is 1.44 bits per heavy atom. The molecule has 0 bridgehead atoms. The minimum atomic E-state index is 0.747. The van der Waals surface area contributed by atoms with Crippen molar-refractivity contribution in [1.82, 2.24) is 9.97 Å². The van der Waals surface area contributed by atoms with Crippen LogP contribution in [0.1, 0.15) is 10.6 Å². The topological polar surface area (TPSA) is 47.0 Å². The van der Waals surface area contributed by atoms with Crippen molar-refractivity contribution in [2.24, 2.45) is 0 Å². The maximum Gasteiger partial charge on any atom is 0.129 e. The lowest BCUT2D eigenvalue weighted by molar-refractivity contribution is 0.414. The predicted octanol–water partition coefficient (Wildman–Crippen LogP) is 2.47. The van der Waals surface area contributed by atoms with Crippen LogP contribution in [0.5, 0.6) is 5.75 Å². The van der Waals surface area contributed by atoms with Gasteiger partial charge in [-0.1, -0.05) is 0 Å². The third-order valence-electron chi connectivity index (χ3n) is 2.24. The molecule has 2 heterocycles. The van der Waals surface area contributed by atoms with Crippen LogP contribution in [0.25, 0.3) is 0 Å². The minimum absolute atomic E-state index is 0.747. The standard InChI is InChI=1S/C11H13N3OS/c1-8-10(16-7-14-8)6-13-11-5-9(15-2)3-4-12-11/h3-5,7H,6H2,1-2H3,(H,12,13). The molecular weight excluding hydrogens is 222 g/mol. The van der Waals surface area contributed by atoms with Gasteiger partial charge in [0.1, 0.15) is 11.6 Å². The van der Waals surface area contributed by atoms with Crippen molar-refractivity contribution in [3.63, 3.8) is 0 Å². The molecule has 0 fully saturated rings. The van der Waals surface area contributed by atoms with Gasteiger partial charge in [-0.3, -0.25) is 0 Å². The fraction of sp³-hybridized carbons (Fsp3) is 0.273. The number of hydrogen-bond acceptors (Lipinski definition) is 5. The van der Waals surface area contributed by atoms with Gasteiger partial charge in [-0.25, -0.2) is 9.97 Å². The molecule has 5 heteroatoms. The fourth-order valence-electron chi connectivity index (χ4n) is 1.30. The lowest BCUT2D eigenvalue weighted by atomic mass is 10.4. The molecule has 0 aliphatic heterocycles. The summed E-state index contributed by atoms with van der Waals surface area (Å²) in [6, 6.07) is 3.69. The van der Waals surface area contributed by atoms with Gasteiger partial charge in [-0.15, -0.1) is 11.3 Å². The van der Waals surface area contributed by atoms with E-state index in [0.717, 1.165) is 23.8 Å². The van der Waals surface area contributed by atoms with E-state index < -0.39 is 0 Å². The first-order valence-electron chi connectivity index (χ1n) is 4.92. The van der Waals surface area contributed by atoms with Gasteiger partial charge in [0.05, 0.1) is 24.9 Å². The van der Waals surface area contributed by atoms with Crippen LogP contribution in [0.2, 0.25) is 0 Å². The lowest BCUT2D eigenvalue weighted by Gasteiger charge is -2.05. The number of anilines is 1. The molecule has 0 saturated carbocycles. The van der Waals surface area contributed by atoms with Gasteiger partial charge in [0.2, 0.25) is 0 Å². The molecule has 0 amide bonds. The van der Waals surface area contributed by atoms with Gasteiger partial charge >= 0.3 is 0 Å². The largest absolute Gasteiger partial charge is 0.497 e. The summed E-state index contributed by atoms with van der Waals surface area (Å²) >= 11 is 1.65. The van der Waals surface area contributed by atoms with Crippen molar-refractivity contribution in [2.45, 2.75) is 13.5 Å². The molecule has 0 aliphatic carbocycles. The average molecular weight is 235 g/mol. The molecule has 16 heavy (non-hydrogen) atoms. The van der Waals surface area contributed by atoms with E-state index in [1.807, 2.05) is 24.6 Å². The number of hydrogen-bond donors (Lipinski definition) is 1. The van der Waals surface area contributed by atoms with Crippen LogP contribution in [0.15, 0.2) is 23.8 Å². The van der Waals surface area contributed by atoms with Gasteiger partial charge in [-0.2, -0.15) is 0 Å². The number of nitrogens with one attached hydrogen (secondary N) is 1. The molecule has 0 radical (unpaired) electrons. The minimum Gasteiger partial charge on any atom is -0.497 e. The fourth-order valence-corrected chi connectivity index (χ4v) is 2.02. The van der Waals surface area contributed by atoms with Gasteiger partial charge in [-0.05, 0) is 13.0 Å². The first kappa shape index (κ1) is 10.9. The summed E-state index contributed by atoms with van der Waals surface area (Å²) in [5.74, 6) is 1.62. The predicted molar refractivity (Wildman–Crippen MR) is 65.0 cm³/mol. The average Bonchev–Trinajstić information content (AvgIpc) is 2.72. The Morgan fingerprint density at radius 2 is 2.31 bits per heavy atom. The maximum absolute atomic E-state index is 5.13. The van der Waals surface area contributed by atoms with E-state index in [1.165, 1.54) is 4.88 Å². The van der Waals surface area contributed by atoms with E-state index in [0.29, 0.717) is 0 Å². The number of aromatic nitrogens is 2. The molecule has 1 N–H and O–H groups in total. The number of methoxy groups -OCH3 is 1. The van der Waals surface area contributed by atoms with E-state index in [2.05, 4.69) is 15.3 Å². The van der Waals surface area contributed by atoms with E-state index in [1.54, 1.807) is 24.6 Å². The van der Waals surface area contributed by atoms with Crippen LogP contribution in [0.3, 0.4) is 0 Å². The van der Waals surface area contributed by atoms with Gasteiger partial charge in [0.25, 0.3) is 0 Å². The molecule has 4 nitrogen and oxygen atoms in total. The second kappa shape index (κ2) is 4.94. The highest BCUT2D eigenvalue weighted by Crippen LogP contribution is 2.17. The van der Waals surface area contributed by atoms with Crippen LogP contribution in [0.4, 0.5) is 5.82 Å². The SMILES string of the molecule is COc1ccnc(NCc2scnc2C)c1. The van der Waals surface area contributed by atoms with E-state index in [9.17, 15) is 0 Å². The molecule has 2 aromatic rings. The Bertz CT molecular complexity index is 470. The van der Waals surface area contributed by atoms with Crippen LogP contribution in [-0.2, 0) is 6.54 Å². The third kappa shape index (κ3) is 2.49. The normalized spacial score (nSPS) is 10.1. The van der Waals surface area contributed by atoms with Gasteiger partial charge in [0, 0.05) is 17.1 Å². The number of nitrogens with zero attached hydrogens (tertiary/aromatic N) is 2. The second-order valence-corrected chi connectivity index (χ2v) is 4.23. The van der Waals surface area contributed by atoms with Gasteiger partial charge in [0.15, 0.2) is 0 Å². The number of aryl methyl sites for hydroxylation is 1. The molecule has 0 atom stereocenters. The first-order chi connectivity index (χ1) is 7.79. The highest BCUT2D eigenvalue weighted by Gasteiger charge is 2.02. The quantitative estimate of drug-likeness (QED) is 0.884. The third-order valence-corrected chi connectivity index (χ3v) is 3.18. The number of rotatable bonds is 4. The second-order valence-electron chi connectivity index (χ2n) is 3.30. The summed E-state index contributed by atoms with van der Waals surface area (Å²) in [5, 5.41) is 3.24. The molecule has 0 spiro atoms. The Balaban J connectivity index is 2.02. The smallest absolute Gasteiger partial charge is 0.129 e. The maximum atomic E-state index is 5.13. The van der Waals surface area contributed by atoms with Crippen molar-refractivity contribution >= 4 is 17.2 Å². The molecule has 0 unspecified atom stereocenters. The summed E-state index contributed by atoms with van der Waals surface area (Å²) in [7, 11) is 1.65. The molecule has 0 aromatic carbocycles. The summed E-state index contributed by atoms with van der Waals surface area (Å²) in [5.41, 5.74) is 2.92. The van der Waals surface area contributed by atoms with E-state index >= 15 is 0 Å². The Morgan fingerprint density at radius 3 is 3.00 bits per heavy atom. The zero-order valence-electron chi connectivity index (χ0n) is 9.23. The van der Waals surface area contributed by atoms with Crippen LogP contribution in [-0.4, -0.2) is 17.1 Å². The van der Waals surface area contributed by atoms with Crippen LogP contribution < -0.4 is 10.1 Å². The molecule has 2 aromatic heterocycles. The Kier molecular flexibility index (Phi) is 3.36. The van der Waals surface area contributed by atoms with E-state index in [4.69, 9.17) is 4.74 Å². The van der Waals surface area contributed by atoms with Crippen molar-refractivity contribution in [2.75, 3.05) is 12.4 Å². The molecule has 0 aliphatic rings. The molecule has 2 rings (SSSR count). The lowest BCUT2D eigenvalue weighted by Crippen LogP contribution is -2.01. The summed E-state index contributed by atoms with van der Waals surface area (Å²) < 4.78 is 5.13. The highest BCUT2D eigenvalue weighted by molar-refractivity contribution is 7.09. The zero-order valence-corrected chi connectivity index (χ0v) is 10.0. The summed E-state index contributed by atoms with van der Waals surface area (Å²) in [6.07, 6.45) is 1.72. The Hall–Kier alpha value is -1.62. The molecule has 84 valence electrons. The van der Waals surface area contributed by atoms with Crippen molar-refractivity contribution in [3.8, 4) is 5.75 Å². The molecular formula is C11H13N3OS. The Labute approximate surface area is 98.3 Å². The van der Waals surface area contributed by atoms with E-state index in [-0.39, 0.29) is 0 Å². The highest BCUT2D eigenvalue weighted by atomic mass is 32.1. The number of pyridine rings is 1. The van der Waals surface area contributed by atoms with Gasteiger partial charge < -0.3 is 10.1 Å². The van der Waals surface area contributed by atoms with Crippen LogP contribution in [0, 0.1) is 6.92 Å².